The Morgan fingerprint density at radius 2 is 2.12 bits per heavy atom. The van der Waals surface area contributed by atoms with E-state index in [2.05, 4.69) is 20.3 Å². The quantitative estimate of drug-likeness (QED) is 0.754. The largest absolute Gasteiger partial charge is 0.439 e. The van der Waals surface area contributed by atoms with E-state index in [-0.39, 0.29) is 24.1 Å². The van der Waals surface area contributed by atoms with Gasteiger partial charge in [-0.25, -0.2) is 18.7 Å². The Labute approximate surface area is 135 Å². The van der Waals surface area contributed by atoms with Crippen LogP contribution in [-0.2, 0) is 6.54 Å². The lowest BCUT2D eigenvalue weighted by Crippen LogP contribution is -2.23. The maximum absolute atomic E-state index is 13.3. The number of carbonyl (C=O) groups is 1. The minimum atomic E-state index is -1.02. The summed E-state index contributed by atoms with van der Waals surface area (Å²) < 4.78 is 31.7. The van der Waals surface area contributed by atoms with Crippen molar-refractivity contribution in [2.75, 3.05) is 0 Å². The first-order valence-corrected chi connectivity index (χ1v) is 6.97. The number of hydrogen-bond acceptors (Lipinski definition) is 4. The van der Waals surface area contributed by atoms with Gasteiger partial charge in [-0.05, 0) is 18.2 Å². The van der Waals surface area contributed by atoms with Gasteiger partial charge in [0.15, 0.2) is 11.6 Å². The first kappa shape index (κ1) is 15.6. The van der Waals surface area contributed by atoms with Gasteiger partial charge in [-0.2, -0.15) is 0 Å². The van der Waals surface area contributed by atoms with Crippen LogP contribution in [0.2, 0.25) is 0 Å². The van der Waals surface area contributed by atoms with Crippen molar-refractivity contribution in [1.82, 2.24) is 20.3 Å². The Hall–Kier alpha value is -3.29. The molecule has 6 nitrogen and oxygen atoms in total. The van der Waals surface area contributed by atoms with E-state index in [1.165, 1.54) is 24.8 Å². The molecular weight excluding hydrogens is 318 g/mol. The van der Waals surface area contributed by atoms with Gasteiger partial charge in [0.2, 0.25) is 5.88 Å². The second-order valence-electron chi connectivity index (χ2n) is 4.79. The number of pyridine rings is 1. The van der Waals surface area contributed by atoms with Crippen LogP contribution >= 0.6 is 0 Å². The number of amides is 1. The molecule has 2 N–H and O–H groups in total. The molecule has 122 valence electrons. The highest BCUT2D eigenvalue weighted by atomic mass is 19.2. The van der Waals surface area contributed by atoms with Gasteiger partial charge >= 0.3 is 0 Å². The van der Waals surface area contributed by atoms with Crippen LogP contribution in [0.15, 0.2) is 49.1 Å². The zero-order valence-corrected chi connectivity index (χ0v) is 12.3. The summed E-state index contributed by atoms with van der Waals surface area (Å²) in [5, 5.41) is 2.68. The Kier molecular flexibility index (Phi) is 4.46. The molecule has 24 heavy (non-hydrogen) atoms. The SMILES string of the molecule is O=C(NCc1cccnc1Oc1ccc(F)c(F)c1)c1cnc[nH]1. The van der Waals surface area contributed by atoms with E-state index in [0.717, 1.165) is 12.1 Å². The molecule has 2 aromatic heterocycles. The lowest BCUT2D eigenvalue weighted by atomic mass is 10.2. The standard InChI is InChI=1S/C16H12F2N4O2/c17-12-4-3-11(6-13(12)18)24-16-10(2-1-5-20-16)7-21-15(23)14-8-19-9-22-14/h1-6,8-9H,7H2,(H,19,22)(H,21,23). The van der Waals surface area contributed by atoms with E-state index in [9.17, 15) is 13.6 Å². The molecule has 0 spiro atoms. The highest BCUT2D eigenvalue weighted by molar-refractivity contribution is 5.91. The van der Waals surface area contributed by atoms with Crippen LogP contribution in [0, 0.1) is 11.6 Å². The fraction of sp³-hybridized carbons (Fsp3) is 0.0625. The molecule has 1 amide bonds. The van der Waals surface area contributed by atoms with Crippen molar-refractivity contribution in [3.05, 3.63) is 71.9 Å². The molecule has 0 unspecified atom stereocenters. The van der Waals surface area contributed by atoms with Crippen molar-refractivity contribution in [2.45, 2.75) is 6.54 Å². The third-order valence-electron chi connectivity index (χ3n) is 3.14. The molecule has 0 aliphatic heterocycles. The molecule has 0 fully saturated rings. The third-order valence-corrected chi connectivity index (χ3v) is 3.14. The Balaban J connectivity index is 1.73. The number of aromatic amines is 1. The number of nitrogens with zero attached hydrogens (tertiary/aromatic N) is 2. The van der Waals surface area contributed by atoms with E-state index in [1.54, 1.807) is 12.1 Å². The molecule has 0 aliphatic carbocycles. The smallest absolute Gasteiger partial charge is 0.269 e. The number of rotatable bonds is 5. The number of halogens is 2. The summed E-state index contributed by atoms with van der Waals surface area (Å²) >= 11 is 0. The summed E-state index contributed by atoms with van der Waals surface area (Å²) in [5.74, 6) is -2.02. The minimum absolute atomic E-state index is 0.105. The van der Waals surface area contributed by atoms with Crippen molar-refractivity contribution in [1.29, 1.82) is 0 Å². The molecule has 1 aromatic carbocycles. The summed E-state index contributed by atoms with van der Waals surface area (Å²) in [6.45, 7) is 0.144. The zero-order valence-electron chi connectivity index (χ0n) is 12.3. The fourth-order valence-corrected chi connectivity index (χ4v) is 1.95. The highest BCUT2D eigenvalue weighted by Gasteiger charge is 2.11. The fourth-order valence-electron chi connectivity index (χ4n) is 1.95. The second-order valence-corrected chi connectivity index (χ2v) is 4.79. The van der Waals surface area contributed by atoms with Crippen LogP contribution in [0.25, 0.3) is 0 Å². The van der Waals surface area contributed by atoms with Gasteiger partial charge in [0.25, 0.3) is 5.91 Å². The highest BCUT2D eigenvalue weighted by Crippen LogP contribution is 2.24. The molecule has 3 aromatic rings. The van der Waals surface area contributed by atoms with Crippen molar-refractivity contribution in [2.24, 2.45) is 0 Å². The number of hydrogen-bond donors (Lipinski definition) is 2. The molecule has 8 heteroatoms. The predicted molar refractivity (Wildman–Crippen MR) is 80.4 cm³/mol. The van der Waals surface area contributed by atoms with Crippen molar-refractivity contribution < 1.29 is 18.3 Å². The van der Waals surface area contributed by atoms with Gasteiger partial charge in [-0.15, -0.1) is 0 Å². The summed E-state index contributed by atoms with van der Waals surface area (Å²) in [4.78, 5) is 22.4. The lowest BCUT2D eigenvalue weighted by molar-refractivity contribution is 0.0946. The van der Waals surface area contributed by atoms with Crippen LogP contribution < -0.4 is 10.1 Å². The minimum Gasteiger partial charge on any atom is -0.439 e. The molecule has 3 rings (SSSR count). The van der Waals surface area contributed by atoms with Crippen LogP contribution in [0.3, 0.4) is 0 Å². The normalized spacial score (nSPS) is 10.4. The summed E-state index contributed by atoms with van der Waals surface area (Å²) in [6, 6.07) is 6.57. The third kappa shape index (κ3) is 3.54. The molecule has 0 atom stereocenters. The van der Waals surface area contributed by atoms with Gasteiger partial charge in [-0.3, -0.25) is 4.79 Å². The predicted octanol–water partition coefficient (Wildman–Crippen LogP) is 2.81. The number of carbonyl (C=O) groups excluding carboxylic acids is 1. The first-order valence-electron chi connectivity index (χ1n) is 6.97. The van der Waals surface area contributed by atoms with E-state index in [0.29, 0.717) is 11.3 Å². The average molecular weight is 330 g/mol. The molecule has 0 aliphatic rings. The maximum atomic E-state index is 13.3. The molecule has 2 heterocycles. The first-order chi connectivity index (χ1) is 11.6. The average Bonchev–Trinajstić information content (AvgIpc) is 3.12. The Morgan fingerprint density at radius 3 is 2.88 bits per heavy atom. The maximum Gasteiger partial charge on any atom is 0.269 e. The summed E-state index contributed by atoms with van der Waals surface area (Å²) in [6.07, 6.45) is 4.29. The molecule has 0 saturated carbocycles. The Bertz CT molecular complexity index is 853. The van der Waals surface area contributed by atoms with Crippen LogP contribution in [0.5, 0.6) is 11.6 Å². The lowest BCUT2D eigenvalue weighted by Gasteiger charge is -2.10. The summed E-state index contributed by atoms with van der Waals surface area (Å²) in [7, 11) is 0. The van der Waals surface area contributed by atoms with Crippen molar-refractivity contribution >= 4 is 5.91 Å². The van der Waals surface area contributed by atoms with Gasteiger partial charge in [0, 0.05) is 24.4 Å². The number of aromatic nitrogens is 3. The number of H-pyrrole nitrogens is 1. The molecule has 0 radical (unpaired) electrons. The molecule has 0 saturated heterocycles. The molecule has 0 bridgehead atoms. The summed E-state index contributed by atoms with van der Waals surface area (Å²) in [5.41, 5.74) is 0.900. The number of nitrogens with one attached hydrogen (secondary N) is 2. The Morgan fingerprint density at radius 1 is 1.25 bits per heavy atom. The number of imidazole rings is 1. The van der Waals surface area contributed by atoms with Gasteiger partial charge < -0.3 is 15.0 Å². The second kappa shape index (κ2) is 6.86. The van der Waals surface area contributed by atoms with E-state index in [4.69, 9.17) is 4.74 Å². The van der Waals surface area contributed by atoms with Crippen LogP contribution in [0.4, 0.5) is 8.78 Å². The number of benzene rings is 1. The van der Waals surface area contributed by atoms with Crippen molar-refractivity contribution in [3.63, 3.8) is 0 Å². The number of ether oxygens (including phenoxy) is 1. The van der Waals surface area contributed by atoms with Gasteiger partial charge in [0.05, 0.1) is 12.5 Å². The molecular formula is C16H12F2N4O2. The van der Waals surface area contributed by atoms with E-state index in [1.807, 2.05) is 0 Å². The van der Waals surface area contributed by atoms with E-state index >= 15 is 0 Å². The van der Waals surface area contributed by atoms with Gasteiger partial charge in [-0.1, -0.05) is 6.07 Å². The van der Waals surface area contributed by atoms with Crippen LogP contribution in [-0.4, -0.2) is 20.9 Å². The van der Waals surface area contributed by atoms with Crippen LogP contribution in [0.1, 0.15) is 16.1 Å². The van der Waals surface area contributed by atoms with Crippen molar-refractivity contribution in [3.8, 4) is 11.6 Å². The van der Waals surface area contributed by atoms with Gasteiger partial charge in [0.1, 0.15) is 11.4 Å². The van der Waals surface area contributed by atoms with E-state index < -0.39 is 11.6 Å². The zero-order chi connectivity index (χ0) is 16.9. The monoisotopic (exact) mass is 330 g/mol. The topological polar surface area (TPSA) is 79.9 Å².